The number of alkyl halides is 6. The lowest BCUT2D eigenvalue weighted by Gasteiger charge is -2.12. The average molecular weight is 306 g/mol. The summed E-state index contributed by atoms with van der Waals surface area (Å²) in [6.07, 6.45) is -8.30. The molecule has 0 aliphatic rings. The number of rotatable bonds is 2. The van der Waals surface area contributed by atoms with E-state index in [1.54, 1.807) is 4.98 Å². The Bertz CT molecular complexity index is 439. The fourth-order valence-corrected chi connectivity index (χ4v) is 1.51. The molecule has 0 saturated carbocycles. The van der Waals surface area contributed by atoms with Gasteiger partial charge in [0.25, 0.3) is 12.0 Å². The van der Waals surface area contributed by atoms with Crippen LogP contribution in [-0.2, 0) is 11.5 Å². The molecule has 0 aliphatic heterocycles. The monoisotopic (exact) mass is 305 g/mol. The number of aromatic nitrogens is 1. The Morgan fingerprint density at radius 3 is 2.31 bits per heavy atom. The van der Waals surface area contributed by atoms with E-state index in [0.29, 0.717) is 6.07 Å². The fraction of sp³-hybridized carbons (Fsp3) is 0.375. The van der Waals surface area contributed by atoms with Gasteiger partial charge in [0.2, 0.25) is 0 Å². The number of H-pyrrole nitrogens is 1. The van der Waals surface area contributed by atoms with E-state index in [9.17, 15) is 26.7 Å². The molecule has 8 heteroatoms. The van der Waals surface area contributed by atoms with Crippen molar-refractivity contribution in [2.75, 3.05) is 0 Å². The normalized spacial score (nSPS) is 12.2. The molecule has 1 N–H and O–H groups in total. The third-order valence-electron chi connectivity index (χ3n) is 1.82. The van der Waals surface area contributed by atoms with Crippen molar-refractivity contribution in [3.63, 3.8) is 0 Å². The summed E-state index contributed by atoms with van der Waals surface area (Å²) >= 11 is 2.80. The average Bonchev–Trinajstić information content (AvgIpc) is 2.15. The molecule has 0 fully saturated rings. The third kappa shape index (κ3) is 2.60. The summed E-state index contributed by atoms with van der Waals surface area (Å²) in [5.41, 5.74) is -4.13. The Hall–Kier alpha value is -0.920. The van der Waals surface area contributed by atoms with Crippen LogP contribution in [0.5, 0.6) is 0 Å². The molecule has 0 atom stereocenters. The maximum atomic E-state index is 12.4. The van der Waals surface area contributed by atoms with Gasteiger partial charge in [-0.2, -0.15) is 13.2 Å². The van der Waals surface area contributed by atoms with Crippen LogP contribution in [0.2, 0.25) is 0 Å². The van der Waals surface area contributed by atoms with Crippen LogP contribution in [0.15, 0.2) is 10.9 Å². The smallest absolute Gasteiger partial charge is 0.320 e. The molecular weight excluding hydrogens is 301 g/mol. The molecule has 1 heterocycles. The van der Waals surface area contributed by atoms with Gasteiger partial charge in [0, 0.05) is 10.9 Å². The van der Waals surface area contributed by atoms with Crippen LogP contribution in [0.25, 0.3) is 0 Å². The molecule has 1 rings (SSSR count). The molecule has 1 aromatic rings. The first kappa shape index (κ1) is 13.1. The Balaban J connectivity index is 3.50. The van der Waals surface area contributed by atoms with E-state index < -0.39 is 29.4 Å². The van der Waals surface area contributed by atoms with Crippen LogP contribution in [0.3, 0.4) is 0 Å². The fourth-order valence-electron chi connectivity index (χ4n) is 1.09. The maximum Gasteiger partial charge on any atom is 0.418 e. The molecule has 0 bridgehead atoms. The van der Waals surface area contributed by atoms with Crippen LogP contribution in [0, 0.1) is 0 Å². The molecule has 0 spiro atoms. The first-order valence-electron chi connectivity index (χ1n) is 3.94. The van der Waals surface area contributed by atoms with E-state index >= 15 is 0 Å². The molecule has 0 amide bonds. The van der Waals surface area contributed by atoms with Gasteiger partial charge < -0.3 is 4.98 Å². The van der Waals surface area contributed by atoms with Gasteiger partial charge in [-0.25, -0.2) is 8.78 Å². The van der Waals surface area contributed by atoms with Crippen LogP contribution >= 0.6 is 15.9 Å². The lowest BCUT2D eigenvalue weighted by atomic mass is 10.1. The van der Waals surface area contributed by atoms with Crippen molar-refractivity contribution in [2.45, 2.75) is 17.9 Å². The SMILES string of the molecule is O=c1[nH]c(C(F)F)c(C(F)(F)F)cc1CBr. The van der Waals surface area contributed by atoms with Crippen LogP contribution in [0.4, 0.5) is 22.0 Å². The summed E-state index contributed by atoms with van der Waals surface area (Å²) in [7, 11) is 0. The van der Waals surface area contributed by atoms with Gasteiger partial charge in [0.1, 0.15) is 0 Å². The van der Waals surface area contributed by atoms with Gasteiger partial charge in [-0.1, -0.05) is 15.9 Å². The van der Waals surface area contributed by atoms with Gasteiger partial charge in [-0.3, -0.25) is 4.79 Å². The van der Waals surface area contributed by atoms with Crippen LogP contribution in [-0.4, -0.2) is 4.98 Å². The molecule has 0 aliphatic carbocycles. The Labute approximate surface area is 94.6 Å². The third-order valence-corrected chi connectivity index (χ3v) is 2.42. The number of pyridine rings is 1. The number of halogens is 6. The van der Waals surface area contributed by atoms with E-state index in [1.165, 1.54) is 0 Å². The number of hydrogen-bond acceptors (Lipinski definition) is 1. The lowest BCUT2D eigenvalue weighted by Crippen LogP contribution is -2.20. The van der Waals surface area contributed by atoms with Gasteiger partial charge in [-0.05, 0) is 6.07 Å². The minimum absolute atomic E-state index is 0.144. The van der Waals surface area contributed by atoms with Crippen molar-refractivity contribution in [3.05, 3.63) is 33.2 Å². The van der Waals surface area contributed by atoms with Crippen LogP contribution < -0.4 is 5.56 Å². The quantitative estimate of drug-likeness (QED) is 0.660. The summed E-state index contributed by atoms with van der Waals surface area (Å²) < 4.78 is 61.7. The molecule has 16 heavy (non-hydrogen) atoms. The summed E-state index contributed by atoms with van der Waals surface area (Å²) in [5.74, 6) is 0. The predicted molar refractivity (Wildman–Crippen MR) is 49.7 cm³/mol. The van der Waals surface area contributed by atoms with Crippen molar-refractivity contribution in [3.8, 4) is 0 Å². The van der Waals surface area contributed by atoms with Crippen molar-refractivity contribution >= 4 is 15.9 Å². The van der Waals surface area contributed by atoms with Gasteiger partial charge in [0.15, 0.2) is 0 Å². The highest BCUT2D eigenvalue weighted by molar-refractivity contribution is 9.08. The van der Waals surface area contributed by atoms with E-state index in [2.05, 4.69) is 15.9 Å². The first-order valence-corrected chi connectivity index (χ1v) is 5.07. The maximum absolute atomic E-state index is 12.4. The zero-order chi connectivity index (χ0) is 12.5. The summed E-state index contributed by atoms with van der Waals surface area (Å²) in [6, 6.07) is 0.426. The van der Waals surface area contributed by atoms with Gasteiger partial charge in [-0.15, -0.1) is 0 Å². The summed E-state index contributed by atoms with van der Waals surface area (Å²) in [6.45, 7) is 0. The van der Waals surface area contributed by atoms with Crippen molar-refractivity contribution in [1.82, 2.24) is 4.98 Å². The standard InChI is InChI=1S/C8H5BrF5NO/c9-2-3-1-4(8(12,13)14)5(6(10)11)15-7(3)16/h1,6H,2H2,(H,15,16). The predicted octanol–water partition coefficient (Wildman–Crippen LogP) is 3.23. The molecule has 2 nitrogen and oxygen atoms in total. The molecule has 1 aromatic heterocycles. The molecule has 90 valence electrons. The molecule has 0 unspecified atom stereocenters. The van der Waals surface area contributed by atoms with E-state index in [1.807, 2.05) is 0 Å². The van der Waals surface area contributed by atoms with E-state index in [0.717, 1.165) is 0 Å². The van der Waals surface area contributed by atoms with Gasteiger partial charge >= 0.3 is 6.18 Å². The number of hydrogen-bond donors (Lipinski definition) is 1. The Kier molecular flexibility index (Phi) is 3.72. The molecule has 0 saturated heterocycles. The lowest BCUT2D eigenvalue weighted by molar-refractivity contribution is -0.140. The van der Waals surface area contributed by atoms with Gasteiger partial charge in [0.05, 0.1) is 11.3 Å². The van der Waals surface area contributed by atoms with E-state index in [4.69, 9.17) is 0 Å². The van der Waals surface area contributed by atoms with Crippen LogP contribution in [0.1, 0.15) is 23.2 Å². The highest BCUT2D eigenvalue weighted by atomic mass is 79.9. The molecule has 0 radical (unpaired) electrons. The minimum atomic E-state index is -4.92. The Morgan fingerprint density at radius 2 is 1.94 bits per heavy atom. The molecular formula is C8H5BrF5NO. The number of aromatic amines is 1. The second-order valence-corrected chi connectivity index (χ2v) is 3.44. The van der Waals surface area contributed by atoms with Crippen molar-refractivity contribution < 1.29 is 22.0 Å². The summed E-state index contributed by atoms with van der Waals surface area (Å²) in [5, 5.41) is -0.144. The second kappa shape index (κ2) is 4.52. The van der Waals surface area contributed by atoms with E-state index in [-0.39, 0.29) is 10.9 Å². The van der Waals surface area contributed by atoms with Crippen molar-refractivity contribution in [2.24, 2.45) is 0 Å². The van der Waals surface area contributed by atoms with Crippen molar-refractivity contribution in [1.29, 1.82) is 0 Å². The molecule has 0 aromatic carbocycles. The highest BCUT2D eigenvalue weighted by Gasteiger charge is 2.37. The minimum Gasteiger partial charge on any atom is -0.320 e. The first-order chi connectivity index (χ1) is 7.27. The number of nitrogens with one attached hydrogen (secondary N) is 1. The topological polar surface area (TPSA) is 32.9 Å². The highest BCUT2D eigenvalue weighted by Crippen LogP contribution is 2.35. The summed E-state index contributed by atoms with van der Waals surface area (Å²) in [4.78, 5) is 12.6. The Morgan fingerprint density at radius 1 is 1.38 bits per heavy atom. The second-order valence-electron chi connectivity index (χ2n) is 2.88. The largest absolute Gasteiger partial charge is 0.418 e. The zero-order valence-electron chi connectivity index (χ0n) is 7.54. The zero-order valence-corrected chi connectivity index (χ0v) is 9.12.